The van der Waals surface area contributed by atoms with E-state index in [1.165, 1.54) is 5.57 Å². The van der Waals surface area contributed by atoms with Crippen molar-refractivity contribution in [3.63, 3.8) is 0 Å². The lowest BCUT2D eigenvalue weighted by molar-refractivity contribution is -0.143. The highest BCUT2D eigenvalue weighted by molar-refractivity contribution is 5.69. The Kier molecular flexibility index (Phi) is 5.78. The van der Waals surface area contributed by atoms with Gasteiger partial charge in [-0.2, -0.15) is 0 Å². The fourth-order valence-corrected chi connectivity index (χ4v) is 6.59. The van der Waals surface area contributed by atoms with Crippen molar-refractivity contribution in [3.8, 4) is 0 Å². The van der Waals surface area contributed by atoms with Crippen molar-refractivity contribution in [1.29, 1.82) is 0 Å². The molecule has 5 fully saturated rings. The Morgan fingerprint density at radius 1 is 1.24 bits per heavy atom. The highest BCUT2D eigenvalue weighted by Crippen LogP contribution is 2.59. The van der Waals surface area contributed by atoms with Crippen LogP contribution in [0.3, 0.4) is 0 Å². The maximum Gasteiger partial charge on any atom is 0.410 e. The molecule has 0 aromatic carbocycles. The SMILES string of the molecule is CO[C@H]1C([C@@]2(C)O[C@@H]2CC=C(C)C)[C@]2(CC[C@H]1OC(=O)N1CC3(CN(CC(F)F)C3)C1)CO2. The van der Waals surface area contributed by atoms with Crippen LogP contribution in [0.5, 0.6) is 0 Å². The monoisotopic (exact) mass is 470 g/mol. The zero-order valence-electron chi connectivity index (χ0n) is 20.0. The molecule has 5 aliphatic rings. The normalized spacial score (nSPS) is 41.0. The van der Waals surface area contributed by atoms with E-state index in [1.807, 2.05) is 0 Å². The molecule has 7 nitrogen and oxygen atoms in total. The second-order valence-electron chi connectivity index (χ2n) is 11.2. The van der Waals surface area contributed by atoms with Crippen molar-refractivity contribution in [2.45, 2.75) is 76.0 Å². The predicted octanol–water partition coefficient (Wildman–Crippen LogP) is 3.08. The van der Waals surface area contributed by atoms with E-state index in [2.05, 4.69) is 26.8 Å². The summed E-state index contributed by atoms with van der Waals surface area (Å²) in [4.78, 5) is 16.3. The highest BCUT2D eigenvalue weighted by atomic mass is 19.3. The third-order valence-corrected chi connectivity index (χ3v) is 8.31. The quantitative estimate of drug-likeness (QED) is 0.421. The standard InChI is InChI=1S/C24H36F2N2O5/c1-15(2)5-6-17-22(3,33-17)20-19(30-4)16(7-8-24(20)14-31-24)32-21(29)28-12-23(13-28)10-27(11-23)9-18(25)26/h5,16-20H,6-14H2,1-4H3/t16-,17-,19-,20?,22+,24+/m1/s1. The first-order valence-electron chi connectivity index (χ1n) is 12.0. The van der Waals surface area contributed by atoms with Crippen LogP contribution in [0.1, 0.15) is 40.0 Å². The van der Waals surface area contributed by atoms with Gasteiger partial charge in [0.1, 0.15) is 23.4 Å². The van der Waals surface area contributed by atoms with E-state index >= 15 is 0 Å². The van der Waals surface area contributed by atoms with Gasteiger partial charge in [0.25, 0.3) is 6.43 Å². The van der Waals surface area contributed by atoms with Crippen LogP contribution in [0.4, 0.5) is 13.6 Å². The van der Waals surface area contributed by atoms with E-state index in [1.54, 1.807) is 16.9 Å². The molecule has 4 aliphatic heterocycles. The van der Waals surface area contributed by atoms with Crippen LogP contribution in [0.25, 0.3) is 0 Å². The predicted molar refractivity (Wildman–Crippen MR) is 116 cm³/mol. The van der Waals surface area contributed by atoms with Crippen LogP contribution in [-0.2, 0) is 18.9 Å². The average molecular weight is 471 g/mol. The molecule has 33 heavy (non-hydrogen) atoms. The summed E-state index contributed by atoms with van der Waals surface area (Å²) in [6, 6.07) is 0. The molecular weight excluding hydrogens is 434 g/mol. The minimum atomic E-state index is -2.31. The Morgan fingerprint density at radius 3 is 2.52 bits per heavy atom. The zero-order chi connectivity index (χ0) is 23.6. The highest BCUT2D eigenvalue weighted by Gasteiger charge is 2.72. The molecule has 0 aromatic heterocycles. The summed E-state index contributed by atoms with van der Waals surface area (Å²) in [5.74, 6) is -0.00520. The van der Waals surface area contributed by atoms with Gasteiger partial charge in [0, 0.05) is 38.7 Å². The lowest BCUT2D eigenvalue weighted by Crippen LogP contribution is -2.73. The van der Waals surface area contributed by atoms with Crippen LogP contribution >= 0.6 is 0 Å². The topological polar surface area (TPSA) is 67.1 Å². The van der Waals surface area contributed by atoms with Gasteiger partial charge in [0.15, 0.2) is 0 Å². The minimum Gasteiger partial charge on any atom is -0.443 e. The van der Waals surface area contributed by atoms with Gasteiger partial charge in [0.2, 0.25) is 0 Å². The van der Waals surface area contributed by atoms with Crippen LogP contribution in [0.15, 0.2) is 11.6 Å². The molecule has 0 radical (unpaired) electrons. The Morgan fingerprint density at radius 2 is 1.94 bits per heavy atom. The molecule has 2 spiro atoms. The van der Waals surface area contributed by atoms with Crippen LogP contribution < -0.4 is 0 Å². The number of amides is 1. The second-order valence-corrected chi connectivity index (χ2v) is 11.2. The summed E-state index contributed by atoms with van der Waals surface area (Å²) in [5.41, 5.74) is 0.608. The average Bonchev–Trinajstić information content (AvgIpc) is 3.59. The molecule has 1 aliphatic carbocycles. The summed E-state index contributed by atoms with van der Waals surface area (Å²) in [7, 11) is 1.67. The summed E-state index contributed by atoms with van der Waals surface area (Å²) >= 11 is 0. The summed E-state index contributed by atoms with van der Waals surface area (Å²) in [5, 5.41) is 0. The first-order valence-corrected chi connectivity index (χ1v) is 12.0. The van der Waals surface area contributed by atoms with Crippen molar-refractivity contribution in [1.82, 2.24) is 9.80 Å². The molecule has 5 rings (SSSR count). The van der Waals surface area contributed by atoms with Gasteiger partial charge in [-0.1, -0.05) is 11.6 Å². The number of hydrogen-bond acceptors (Lipinski definition) is 6. The van der Waals surface area contributed by atoms with Gasteiger partial charge in [-0.05, 0) is 40.0 Å². The lowest BCUT2D eigenvalue weighted by atomic mass is 9.68. The number of rotatable bonds is 7. The van der Waals surface area contributed by atoms with Crippen molar-refractivity contribution < 1.29 is 32.5 Å². The Balaban J connectivity index is 1.19. The van der Waals surface area contributed by atoms with Gasteiger partial charge >= 0.3 is 6.09 Å². The smallest absolute Gasteiger partial charge is 0.410 e. The lowest BCUT2D eigenvalue weighted by Gasteiger charge is -2.59. The summed E-state index contributed by atoms with van der Waals surface area (Å²) < 4.78 is 49.1. The molecule has 0 aromatic rings. The molecule has 1 saturated carbocycles. The third kappa shape index (κ3) is 4.19. The summed E-state index contributed by atoms with van der Waals surface area (Å²) in [6.07, 6.45) is 1.35. The number of epoxide rings is 2. The van der Waals surface area contributed by atoms with E-state index in [0.29, 0.717) is 39.2 Å². The Hall–Kier alpha value is -1.29. The van der Waals surface area contributed by atoms with Gasteiger partial charge in [0.05, 0.1) is 25.2 Å². The van der Waals surface area contributed by atoms with Gasteiger partial charge in [-0.3, -0.25) is 4.90 Å². The fourth-order valence-electron chi connectivity index (χ4n) is 6.59. The molecule has 1 amide bonds. The molecule has 9 heteroatoms. The van der Waals surface area contributed by atoms with Gasteiger partial charge < -0.3 is 23.8 Å². The minimum absolute atomic E-state index is 0.00520. The number of ether oxygens (including phenoxy) is 4. The van der Waals surface area contributed by atoms with E-state index < -0.39 is 6.43 Å². The van der Waals surface area contributed by atoms with E-state index in [-0.39, 0.29) is 53.5 Å². The molecule has 186 valence electrons. The number of allylic oxidation sites excluding steroid dienone is 1. The first kappa shape index (κ1) is 23.5. The number of carbonyl (C=O) groups excluding carboxylic acids is 1. The molecule has 4 saturated heterocycles. The largest absolute Gasteiger partial charge is 0.443 e. The third-order valence-electron chi connectivity index (χ3n) is 8.31. The number of likely N-dealkylation sites (tertiary alicyclic amines) is 2. The van der Waals surface area contributed by atoms with Crippen LogP contribution in [0.2, 0.25) is 0 Å². The number of alkyl halides is 2. The molecule has 6 atom stereocenters. The van der Waals surface area contributed by atoms with Crippen molar-refractivity contribution in [3.05, 3.63) is 11.6 Å². The molecule has 0 bridgehead atoms. The van der Waals surface area contributed by atoms with Crippen molar-refractivity contribution in [2.24, 2.45) is 11.3 Å². The Bertz CT molecular complexity index is 801. The zero-order valence-corrected chi connectivity index (χ0v) is 20.0. The first-order chi connectivity index (χ1) is 15.6. The molecule has 0 N–H and O–H groups in total. The van der Waals surface area contributed by atoms with Crippen LogP contribution in [0, 0.1) is 11.3 Å². The van der Waals surface area contributed by atoms with Crippen molar-refractivity contribution in [2.75, 3.05) is 46.4 Å². The number of methoxy groups -OCH3 is 1. The molecule has 4 heterocycles. The van der Waals surface area contributed by atoms with Gasteiger partial charge in [-0.15, -0.1) is 0 Å². The summed E-state index contributed by atoms with van der Waals surface area (Å²) in [6.45, 7) is 9.17. The number of carbonyl (C=O) groups is 1. The Labute approximate surface area is 194 Å². The maximum absolute atomic E-state index is 12.9. The fraction of sp³-hybridized carbons (Fsp3) is 0.875. The number of halogens is 2. The van der Waals surface area contributed by atoms with E-state index in [0.717, 1.165) is 12.8 Å². The van der Waals surface area contributed by atoms with Crippen LogP contribution in [-0.4, -0.2) is 98.3 Å². The maximum atomic E-state index is 12.9. The van der Waals surface area contributed by atoms with E-state index in [4.69, 9.17) is 18.9 Å². The molecular formula is C24H36F2N2O5. The van der Waals surface area contributed by atoms with Crippen molar-refractivity contribution >= 4 is 6.09 Å². The molecule has 1 unspecified atom stereocenters. The number of nitrogens with zero attached hydrogens (tertiary/aromatic N) is 2. The van der Waals surface area contributed by atoms with Gasteiger partial charge in [-0.25, -0.2) is 13.6 Å². The number of hydrogen-bond donors (Lipinski definition) is 0. The second kappa shape index (κ2) is 8.14. The van der Waals surface area contributed by atoms with E-state index in [9.17, 15) is 13.6 Å².